The number of nitrogens with zero attached hydrogens (tertiary/aromatic N) is 4. The van der Waals surface area contributed by atoms with Gasteiger partial charge in [0.15, 0.2) is 0 Å². The third-order valence-electron chi connectivity index (χ3n) is 10.1. The van der Waals surface area contributed by atoms with E-state index < -0.39 is 12.2 Å². The van der Waals surface area contributed by atoms with E-state index in [0.717, 1.165) is 70.7 Å². The first-order chi connectivity index (χ1) is 26.0. The number of ether oxygens (including phenoxy) is 2. The van der Waals surface area contributed by atoms with Gasteiger partial charge in [0.05, 0.1) is 49.2 Å². The van der Waals surface area contributed by atoms with Gasteiger partial charge in [-0.25, -0.2) is 19.6 Å². The van der Waals surface area contributed by atoms with E-state index in [2.05, 4.69) is 42.2 Å². The number of nitrogens with one attached hydrogen (secondary N) is 4. The molecular formula is C40H48N8O6. The van der Waals surface area contributed by atoms with Crippen molar-refractivity contribution in [2.24, 2.45) is 5.92 Å². The number of hydrogen-bond acceptors (Lipinski definition) is 8. The fourth-order valence-corrected chi connectivity index (χ4v) is 7.15. The van der Waals surface area contributed by atoms with Gasteiger partial charge in [-0.1, -0.05) is 37.8 Å². The van der Waals surface area contributed by atoms with Gasteiger partial charge in [-0.15, -0.1) is 0 Å². The Morgan fingerprint density at radius 2 is 1.43 bits per heavy atom. The van der Waals surface area contributed by atoms with Crippen molar-refractivity contribution in [3.63, 3.8) is 0 Å². The first-order valence-electron chi connectivity index (χ1n) is 18.5. The summed E-state index contributed by atoms with van der Waals surface area (Å²) in [5.41, 5.74) is 5.15. The van der Waals surface area contributed by atoms with Gasteiger partial charge in [0, 0.05) is 49.1 Å². The lowest BCUT2D eigenvalue weighted by molar-refractivity contribution is -0.133. The standard InChI is InChI=1S/C40H48N8O6/c1-24(2)30(46-40(52)54-5)22-36(50)47-18-6-8-33(47)37-41-23-32(45-37)28-15-12-26(13-16-28)10-11-27-14-17-29-31(21-27)44-38(43-29)34-9-7-19-48(34)35(49)20-25(3)42-39(51)53-4/h12-17,21,23-25,30,33-34H,6-9,18-20,22H2,1-5H3,(H,41,45)(H,42,51)(H,43,44)(H,46,52)/t25?,30-,33-,34-/m0/s1. The molecule has 0 bridgehead atoms. The molecule has 4 amide bonds. The summed E-state index contributed by atoms with van der Waals surface area (Å²) >= 11 is 0. The molecule has 1 unspecified atom stereocenters. The summed E-state index contributed by atoms with van der Waals surface area (Å²) in [5.74, 6) is 8.00. The fourth-order valence-electron chi connectivity index (χ4n) is 7.15. The van der Waals surface area contributed by atoms with E-state index in [9.17, 15) is 19.2 Å². The van der Waals surface area contributed by atoms with Crippen LogP contribution in [0.4, 0.5) is 9.59 Å². The van der Waals surface area contributed by atoms with Gasteiger partial charge in [0.1, 0.15) is 11.6 Å². The minimum Gasteiger partial charge on any atom is -0.453 e. The number of likely N-dealkylation sites (tertiary alicyclic amines) is 2. The highest BCUT2D eigenvalue weighted by Crippen LogP contribution is 2.34. The second-order valence-corrected chi connectivity index (χ2v) is 14.3. The molecule has 2 aliphatic rings. The number of methoxy groups -OCH3 is 2. The molecule has 4 atom stereocenters. The lowest BCUT2D eigenvalue weighted by Crippen LogP contribution is -2.43. The topological polar surface area (TPSA) is 175 Å². The maximum atomic E-state index is 13.4. The summed E-state index contributed by atoms with van der Waals surface area (Å²) in [6.07, 6.45) is 4.44. The molecule has 2 aromatic heterocycles. The summed E-state index contributed by atoms with van der Waals surface area (Å²) in [5, 5.41) is 5.44. The fraction of sp³-hybridized carbons (Fsp3) is 0.450. The highest BCUT2D eigenvalue weighted by Gasteiger charge is 2.35. The highest BCUT2D eigenvalue weighted by atomic mass is 16.5. The molecule has 0 saturated carbocycles. The van der Waals surface area contributed by atoms with E-state index in [-0.39, 0.29) is 54.7 Å². The van der Waals surface area contributed by atoms with Gasteiger partial charge in [0.2, 0.25) is 11.8 Å². The van der Waals surface area contributed by atoms with Crippen LogP contribution in [0, 0.1) is 17.8 Å². The quantitative estimate of drug-likeness (QED) is 0.153. The number of aromatic nitrogens is 4. The average Bonchev–Trinajstić information content (AvgIpc) is 3.99. The number of benzene rings is 2. The number of carbonyl (C=O) groups excluding carboxylic acids is 4. The Bertz CT molecular complexity index is 2040. The van der Waals surface area contributed by atoms with E-state index in [4.69, 9.17) is 9.72 Å². The Hall–Kier alpha value is -5.84. The molecular weight excluding hydrogens is 688 g/mol. The van der Waals surface area contributed by atoms with Crippen LogP contribution in [-0.4, -0.2) is 93.1 Å². The van der Waals surface area contributed by atoms with Crippen molar-refractivity contribution in [2.75, 3.05) is 27.3 Å². The molecule has 2 aromatic carbocycles. The number of fused-ring (bicyclic) bond motifs is 1. The van der Waals surface area contributed by atoms with Crippen molar-refractivity contribution in [1.82, 2.24) is 40.4 Å². The number of rotatable bonds is 10. The van der Waals surface area contributed by atoms with Gasteiger partial charge in [-0.2, -0.15) is 0 Å². The molecule has 14 nitrogen and oxygen atoms in total. The van der Waals surface area contributed by atoms with Gasteiger partial charge < -0.3 is 39.9 Å². The Kier molecular flexibility index (Phi) is 11.8. The molecule has 2 saturated heterocycles. The molecule has 284 valence electrons. The zero-order valence-corrected chi connectivity index (χ0v) is 31.4. The smallest absolute Gasteiger partial charge is 0.407 e. The van der Waals surface area contributed by atoms with E-state index in [0.29, 0.717) is 13.1 Å². The SMILES string of the molecule is COC(=O)NC(C)CC(=O)N1CCC[C@H]1c1nc2ccc(C#Cc3ccc(-c4cnc([C@@H]5CCCN5C(=O)C[C@H](NC(=O)OC)C(C)C)[nH]4)cc3)cc2[nH]1. The lowest BCUT2D eigenvalue weighted by Gasteiger charge is -2.27. The minimum absolute atomic E-state index is 0.0225. The summed E-state index contributed by atoms with van der Waals surface area (Å²) in [6, 6.07) is 12.8. The third-order valence-corrected chi connectivity index (χ3v) is 10.1. The first-order valence-corrected chi connectivity index (χ1v) is 18.5. The Morgan fingerprint density at radius 3 is 2.09 bits per heavy atom. The van der Waals surface area contributed by atoms with Crippen LogP contribution in [0.1, 0.15) is 94.2 Å². The Balaban J connectivity index is 1.08. The second-order valence-electron chi connectivity index (χ2n) is 14.3. The molecule has 4 heterocycles. The number of carbonyl (C=O) groups is 4. The summed E-state index contributed by atoms with van der Waals surface area (Å²) in [4.78, 5) is 69.9. The minimum atomic E-state index is -0.558. The maximum Gasteiger partial charge on any atom is 0.407 e. The molecule has 2 fully saturated rings. The van der Waals surface area contributed by atoms with Crippen LogP contribution in [0.25, 0.3) is 22.3 Å². The third kappa shape index (κ3) is 8.85. The summed E-state index contributed by atoms with van der Waals surface area (Å²) in [6.45, 7) is 7.00. The Morgan fingerprint density at radius 1 is 0.815 bits per heavy atom. The molecule has 0 spiro atoms. The van der Waals surface area contributed by atoms with E-state index >= 15 is 0 Å². The zero-order valence-electron chi connectivity index (χ0n) is 31.4. The molecule has 14 heteroatoms. The number of hydrogen-bond donors (Lipinski definition) is 4. The monoisotopic (exact) mass is 736 g/mol. The average molecular weight is 737 g/mol. The summed E-state index contributed by atoms with van der Waals surface area (Å²) in [7, 11) is 2.61. The number of H-pyrrole nitrogens is 2. The molecule has 2 aliphatic heterocycles. The van der Waals surface area contributed by atoms with Gasteiger partial charge in [-0.05, 0) is 74.4 Å². The number of aromatic amines is 2. The van der Waals surface area contributed by atoms with E-state index in [1.54, 1.807) is 13.1 Å². The van der Waals surface area contributed by atoms with Crippen LogP contribution in [0.3, 0.4) is 0 Å². The molecule has 54 heavy (non-hydrogen) atoms. The largest absolute Gasteiger partial charge is 0.453 e. The van der Waals surface area contributed by atoms with E-state index in [1.807, 2.05) is 66.1 Å². The van der Waals surface area contributed by atoms with Crippen molar-refractivity contribution in [1.29, 1.82) is 0 Å². The van der Waals surface area contributed by atoms with E-state index in [1.165, 1.54) is 14.2 Å². The van der Waals surface area contributed by atoms with Crippen molar-refractivity contribution >= 4 is 35.0 Å². The second kappa shape index (κ2) is 16.9. The Labute approximate surface area is 314 Å². The molecule has 6 rings (SSSR count). The molecule has 0 aliphatic carbocycles. The van der Waals surface area contributed by atoms with Crippen molar-refractivity contribution in [2.45, 2.75) is 83.5 Å². The van der Waals surface area contributed by atoms with Crippen molar-refractivity contribution < 1.29 is 28.7 Å². The van der Waals surface area contributed by atoms with Crippen LogP contribution in [0.5, 0.6) is 0 Å². The van der Waals surface area contributed by atoms with Crippen LogP contribution >= 0.6 is 0 Å². The molecule has 4 aromatic rings. The van der Waals surface area contributed by atoms with Crippen LogP contribution in [0.2, 0.25) is 0 Å². The number of alkyl carbamates (subject to hydrolysis) is 2. The predicted molar refractivity (Wildman–Crippen MR) is 202 cm³/mol. The van der Waals surface area contributed by atoms with Crippen molar-refractivity contribution in [3.8, 4) is 23.1 Å². The first kappa shape index (κ1) is 37.9. The maximum absolute atomic E-state index is 13.4. The predicted octanol–water partition coefficient (Wildman–Crippen LogP) is 5.59. The number of imidazole rings is 2. The van der Waals surface area contributed by atoms with Crippen LogP contribution < -0.4 is 10.6 Å². The zero-order chi connectivity index (χ0) is 38.4. The summed E-state index contributed by atoms with van der Waals surface area (Å²) < 4.78 is 9.40. The van der Waals surface area contributed by atoms with Crippen molar-refractivity contribution in [3.05, 3.63) is 71.4 Å². The number of amides is 4. The molecule has 0 radical (unpaired) electrons. The van der Waals surface area contributed by atoms with Gasteiger partial charge >= 0.3 is 12.2 Å². The lowest BCUT2D eigenvalue weighted by atomic mass is 10.00. The highest BCUT2D eigenvalue weighted by molar-refractivity contribution is 5.80. The van der Waals surface area contributed by atoms with Crippen LogP contribution in [-0.2, 0) is 19.1 Å². The molecule has 4 N–H and O–H groups in total. The van der Waals surface area contributed by atoms with Crippen LogP contribution in [0.15, 0.2) is 48.7 Å². The van der Waals surface area contributed by atoms with Gasteiger partial charge in [-0.3, -0.25) is 9.59 Å². The normalized spacial score (nSPS) is 17.9. The van der Waals surface area contributed by atoms with Gasteiger partial charge in [0.25, 0.3) is 0 Å².